The number of para-hydroxylation sites is 1. The van der Waals surface area contributed by atoms with Crippen molar-refractivity contribution in [1.29, 1.82) is 0 Å². The Labute approximate surface area is 388 Å². The van der Waals surface area contributed by atoms with E-state index in [1.165, 1.54) is 4.90 Å². The molecule has 5 heterocycles. The number of carbonyl (C=O) groups excluding carboxylic acids is 4. The SMILES string of the molecule is Cc1ncsc1-c1ccc(CNC(=O)[C@@H]2C[C@@H](O)CN2C(=O)[C@@H](NC(=O)CCN2CC3CN(C(=O)c4ccc(CCOc5cc(-c6ccccc6O)nnc5N)cc4)C3C2)C(C)(C)C)cc1. The third kappa shape index (κ3) is 10.3. The van der Waals surface area contributed by atoms with Gasteiger partial charge in [-0.3, -0.25) is 19.2 Å². The second-order valence-corrected chi connectivity index (χ2v) is 19.4. The topological polar surface area (TPSA) is 216 Å². The third-order valence-electron chi connectivity index (χ3n) is 12.8. The molecule has 2 aromatic heterocycles. The maximum absolute atomic E-state index is 14.1. The standard InChI is InChI=1S/C49H57N9O7S/c1-29-43(66-28-52-29)32-13-11-31(12-14-32)23-51-46(62)38-21-35(59)26-58(38)48(64)44(49(2,3)4)53-42(61)17-19-56-24-34-25-57(39(34)27-56)47(63)33-15-9-30(10-16-33)18-20-65-41-22-37(54-55-45(41)50)36-7-5-6-8-40(36)60/h5-16,22,28,34-35,38-39,44,59-60H,17-21,23-27H2,1-4H3,(H2,50,55)(H,51,62)(H,53,61)/t34?,35-,38+,39?,44-/m1/s1. The van der Waals surface area contributed by atoms with Gasteiger partial charge in [0.05, 0.1) is 34.8 Å². The highest BCUT2D eigenvalue weighted by molar-refractivity contribution is 7.13. The molecule has 0 bridgehead atoms. The van der Waals surface area contributed by atoms with Gasteiger partial charge >= 0.3 is 0 Å². The molecule has 346 valence electrons. The Morgan fingerprint density at radius 3 is 2.39 bits per heavy atom. The first-order chi connectivity index (χ1) is 31.6. The number of nitrogens with zero attached hydrogens (tertiary/aromatic N) is 6. The Kier molecular flexibility index (Phi) is 13.7. The number of β-amino-alcohol motifs (C(OH)–C–C–N with tert-alkyl or cyclic N) is 1. The molecule has 3 aliphatic heterocycles. The zero-order chi connectivity index (χ0) is 46.7. The van der Waals surface area contributed by atoms with Gasteiger partial charge in [-0.15, -0.1) is 21.5 Å². The average Bonchev–Trinajstić information content (AvgIpc) is 4.00. The normalized spacial score (nSPS) is 19.8. The maximum Gasteiger partial charge on any atom is 0.254 e. The maximum atomic E-state index is 14.1. The lowest BCUT2D eigenvalue weighted by Crippen LogP contribution is -2.58. The van der Waals surface area contributed by atoms with Crippen molar-refractivity contribution in [3.05, 3.63) is 107 Å². The van der Waals surface area contributed by atoms with Crippen LogP contribution in [-0.4, -0.2) is 127 Å². The number of ether oxygens (including phenoxy) is 1. The number of thiazole rings is 1. The summed E-state index contributed by atoms with van der Waals surface area (Å²) < 4.78 is 5.94. The number of fused-ring (bicyclic) bond motifs is 1. The van der Waals surface area contributed by atoms with Gasteiger partial charge in [-0.25, -0.2) is 4.98 Å². The summed E-state index contributed by atoms with van der Waals surface area (Å²) in [6.07, 6.45) is -0.0327. The third-order valence-corrected chi connectivity index (χ3v) is 13.7. The molecule has 5 aromatic rings. The van der Waals surface area contributed by atoms with E-state index in [0.717, 1.165) is 33.8 Å². The number of phenolic OH excluding ortho intramolecular Hbond substituents is 1. The molecule has 6 N–H and O–H groups in total. The summed E-state index contributed by atoms with van der Waals surface area (Å²) in [5.74, 6) is -0.169. The fourth-order valence-electron chi connectivity index (χ4n) is 8.99. The Balaban J connectivity index is 0.788. The molecule has 4 amide bonds. The Morgan fingerprint density at radius 2 is 1.68 bits per heavy atom. The van der Waals surface area contributed by atoms with E-state index < -0.39 is 29.5 Å². The van der Waals surface area contributed by atoms with Crippen LogP contribution >= 0.6 is 11.3 Å². The van der Waals surface area contributed by atoms with Crippen LogP contribution in [0.2, 0.25) is 0 Å². The highest BCUT2D eigenvalue weighted by Gasteiger charge is 2.48. The minimum absolute atomic E-state index is 0.00144. The van der Waals surface area contributed by atoms with E-state index in [0.29, 0.717) is 61.2 Å². The van der Waals surface area contributed by atoms with Crippen LogP contribution in [0, 0.1) is 18.3 Å². The molecule has 5 atom stereocenters. The summed E-state index contributed by atoms with van der Waals surface area (Å²) in [4.78, 5) is 65.7. The van der Waals surface area contributed by atoms with Crippen molar-refractivity contribution in [2.45, 2.75) is 77.7 Å². The van der Waals surface area contributed by atoms with E-state index in [4.69, 9.17) is 10.5 Å². The van der Waals surface area contributed by atoms with Crippen molar-refractivity contribution in [3.8, 4) is 33.2 Å². The number of benzene rings is 3. The number of aryl methyl sites for hydroxylation is 1. The van der Waals surface area contributed by atoms with Crippen LogP contribution in [0.1, 0.15) is 60.8 Å². The predicted octanol–water partition coefficient (Wildman–Crippen LogP) is 4.44. The zero-order valence-electron chi connectivity index (χ0n) is 37.6. The number of nitrogens with one attached hydrogen (secondary N) is 2. The summed E-state index contributed by atoms with van der Waals surface area (Å²) in [6, 6.07) is 22.1. The van der Waals surface area contributed by atoms with E-state index in [-0.39, 0.29) is 61.3 Å². The van der Waals surface area contributed by atoms with Crippen LogP contribution in [0.4, 0.5) is 5.82 Å². The van der Waals surface area contributed by atoms with E-state index in [1.807, 2.05) is 86.6 Å². The second-order valence-electron chi connectivity index (χ2n) is 18.5. The minimum atomic E-state index is -0.919. The number of aromatic nitrogens is 3. The molecule has 16 nitrogen and oxygen atoms in total. The lowest BCUT2D eigenvalue weighted by atomic mass is 9.85. The Morgan fingerprint density at radius 1 is 0.939 bits per heavy atom. The molecular formula is C49H57N9O7S. The van der Waals surface area contributed by atoms with Gasteiger partial charge in [-0.05, 0) is 53.3 Å². The number of phenols is 1. The molecule has 3 aliphatic rings. The van der Waals surface area contributed by atoms with Gasteiger partial charge in [-0.1, -0.05) is 69.3 Å². The first-order valence-corrected chi connectivity index (χ1v) is 23.2. The number of likely N-dealkylation sites (tertiary alicyclic amines) is 3. The molecule has 3 aromatic carbocycles. The molecule has 3 fully saturated rings. The van der Waals surface area contributed by atoms with Crippen molar-refractivity contribution in [1.82, 2.24) is 40.5 Å². The average molecular weight is 916 g/mol. The number of aliphatic hydroxyl groups excluding tert-OH is 1. The molecule has 66 heavy (non-hydrogen) atoms. The van der Waals surface area contributed by atoms with Gasteiger partial charge in [0.25, 0.3) is 5.91 Å². The highest BCUT2D eigenvalue weighted by Crippen LogP contribution is 2.35. The number of nitrogen functional groups attached to an aromatic ring is 1. The van der Waals surface area contributed by atoms with Crippen molar-refractivity contribution >= 4 is 40.8 Å². The fourth-order valence-corrected chi connectivity index (χ4v) is 9.80. The Bertz CT molecular complexity index is 2560. The van der Waals surface area contributed by atoms with Crippen LogP contribution < -0.4 is 21.1 Å². The largest absolute Gasteiger partial charge is 0.507 e. The zero-order valence-corrected chi connectivity index (χ0v) is 38.5. The van der Waals surface area contributed by atoms with E-state index in [1.54, 1.807) is 41.7 Å². The van der Waals surface area contributed by atoms with Gasteiger partial charge in [0, 0.05) is 81.6 Å². The summed E-state index contributed by atoms with van der Waals surface area (Å²) >= 11 is 1.57. The number of aromatic hydroxyl groups is 1. The number of hydrogen-bond acceptors (Lipinski definition) is 13. The summed E-state index contributed by atoms with van der Waals surface area (Å²) in [7, 11) is 0. The van der Waals surface area contributed by atoms with Crippen LogP contribution in [0.15, 0.2) is 84.4 Å². The molecule has 0 saturated carbocycles. The summed E-state index contributed by atoms with van der Waals surface area (Å²) in [5.41, 5.74) is 12.6. The van der Waals surface area contributed by atoms with Crippen LogP contribution in [0.25, 0.3) is 21.7 Å². The van der Waals surface area contributed by atoms with Gasteiger partial charge in [0.2, 0.25) is 17.7 Å². The Hall–Kier alpha value is -6.43. The van der Waals surface area contributed by atoms with Gasteiger partial charge in [0.15, 0.2) is 11.6 Å². The molecule has 0 radical (unpaired) electrons. The molecule has 3 saturated heterocycles. The quantitative estimate of drug-likeness (QED) is 0.0986. The number of anilines is 1. The van der Waals surface area contributed by atoms with Crippen molar-refractivity contribution in [2.75, 3.05) is 45.1 Å². The number of nitrogens with two attached hydrogens (primary N) is 1. The van der Waals surface area contributed by atoms with Gasteiger partial charge < -0.3 is 46.0 Å². The second kappa shape index (κ2) is 19.6. The van der Waals surface area contributed by atoms with Crippen molar-refractivity contribution < 1.29 is 34.1 Å². The first kappa shape index (κ1) is 46.1. The van der Waals surface area contributed by atoms with E-state index >= 15 is 0 Å². The molecule has 0 aliphatic carbocycles. The van der Waals surface area contributed by atoms with E-state index in [2.05, 4.69) is 30.7 Å². The fraction of sp³-hybridized carbons (Fsp3) is 0.408. The number of amides is 4. The number of hydrogen-bond donors (Lipinski definition) is 5. The molecule has 2 unspecified atom stereocenters. The highest BCUT2D eigenvalue weighted by atomic mass is 32.1. The number of rotatable bonds is 15. The smallest absolute Gasteiger partial charge is 0.254 e. The van der Waals surface area contributed by atoms with Gasteiger partial charge in [0.1, 0.15) is 23.5 Å². The molecular weight excluding hydrogens is 859 g/mol. The summed E-state index contributed by atoms with van der Waals surface area (Å²) in [5, 5.41) is 34.8. The van der Waals surface area contributed by atoms with Crippen LogP contribution in [0.3, 0.4) is 0 Å². The summed E-state index contributed by atoms with van der Waals surface area (Å²) in [6.45, 7) is 10.7. The van der Waals surface area contributed by atoms with Crippen molar-refractivity contribution in [3.63, 3.8) is 0 Å². The predicted molar refractivity (Wildman–Crippen MR) is 250 cm³/mol. The molecule has 17 heteroatoms. The van der Waals surface area contributed by atoms with Crippen LogP contribution in [-0.2, 0) is 27.3 Å². The van der Waals surface area contributed by atoms with E-state index in [9.17, 15) is 29.4 Å². The lowest BCUT2D eigenvalue weighted by Gasteiger charge is -2.43. The minimum Gasteiger partial charge on any atom is -0.507 e. The molecule has 8 rings (SSSR count). The van der Waals surface area contributed by atoms with Gasteiger partial charge in [-0.2, -0.15) is 0 Å². The van der Waals surface area contributed by atoms with Crippen molar-refractivity contribution in [2.24, 2.45) is 11.3 Å². The van der Waals surface area contributed by atoms with Crippen LogP contribution in [0.5, 0.6) is 11.5 Å². The molecule has 0 spiro atoms. The number of aliphatic hydroxyl groups is 1. The number of carbonyl (C=O) groups is 4. The monoisotopic (exact) mass is 915 g/mol. The lowest BCUT2D eigenvalue weighted by molar-refractivity contribution is -0.144. The first-order valence-electron chi connectivity index (χ1n) is 22.3.